The van der Waals surface area contributed by atoms with Gasteiger partial charge in [-0.05, 0) is 18.1 Å². The van der Waals surface area contributed by atoms with Crippen molar-refractivity contribution in [3.63, 3.8) is 0 Å². The van der Waals surface area contributed by atoms with Crippen molar-refractivity contribution < 1.29 is 24.6 Å². The van der Waals surface area contributed by atoms with Gasteiger partial charge in [0.05, 0.1) is 18.1 Å². The molecule has 0 aliphatic rings. The molecule has 128 valence electrons. The number of carboxylic acids is 2. The molecule has 8 nitrogen and oxygen atoms in total. The second kappa shape index (κ2) is 7.60. The molecule has 0 saturated heterocycles. The van der Waals surface area contributed by atoms with Gasteiger partial charge in [0.2, 0.25) is 5.91 Å². The van der Waals surface area contributed by atoms with Crippen molar-refractivity contribution in [2.75, 3.05) is 0 Å². The number of aromatic nitrogens is 1. The highest BCUT2D eigenvalue weighted by molar-refractivity contribution is 5.88. The van der Waals surface area contributed by atoms with Crippen LogP contribution >= 0.6 is 0 Å². The number of fused-ring (bicyclic) bond motifs is 1. The van der Waals surface area contributed by atoms with Crippen LogP contribution in [0.3, 0.4) is 0 Å². The number of carboxylic acid groups (broad SMARTS) is 2. The van der Waals surface area contributed by atoms with Crippen LogP contribution in [-0.2, 0) is 20.8 Å². The van der Waals surface area contributed by atoms with Gasteiger partial charge < -0.3 is 31.0 Å². The second-order valence-corrected chi connectivity index (χ2v) is 5.48. The van der Waals surface area contributed by atoms with Crippen LogP contribution in [0.15, 0.2) is 30.5 Å². The number of nitrogens with one attached hydrogen (secondary N) is 2. The summed E-state index contributed by atoms with van der Waals surface area (Å²) >= 11 is 0. The molecular weight excluding hydrogens is 314 g/mol. The van der Waals surface area contributed by atoms with Gasteiger partial charge in [0.25, 0.3) is 0 Å². The number of benzene rings is 1. The first-order valence-electron chi connectivity index (χ1n) is 7.42. The standard InChI is InChI=1S/C16H19N3O5/c17-11(5-6-14(20)21)15(22)19-13(16(23)24)7-9-8-18-12-4-2-1-3-10(9)12/h1-4,8,11,13,18H,5-7,17H2,(H,19,22)(H,20,21)(H,23,24)/p-1. The van der Waals surface area contributed by atoms with Gasteiger partial charge in [-0.25, -0.2) is 0 Å². The highest BCUT2D eigenvalue weighted by atomic mass is 16.4. The lowest BCUT2D eigenvalue weighted by Gasteiger charge is -2.21. The van der Waals surface area contributed by atoms with Crippen LogP contribution in [0.5, 0.6) is 0 Å². The quantitative estimate of drug-likeness (QED) is 0.494. The fourth-order valence-corrected chi connectivity index (χ4v) is 2.40. The van der Waals surface area contributed by atoms with Crippen LogP contribution in [0.2, 0.25) is 0 Å². The zero-order chi connectivity index (χ0) is 17.7. The highest BCUT2D eigenvalue weighted by Gasteiger charge is 2.21. The van der Waals surface area contributed by atoms with Gasteiger partial charge in [0.1, 0.15) is 0 Å². The molecule has 2 atom stereocenters. The molecule has 1 heterocycles. The van der Waals surface area contributed by atoms with Crippen LogP contribution in [0.4, 0.5) is 0 Å². The fraction of sp³-hybridized carbons (Fsp3) is 0.312. The molecule has 0 bridgehead atoms. The Kier molecular flexibility index (Phi) is 5.54. The predicted octanol–water partition coefficient (Wildman–Crippen LogP) is -0.863. The van der Waals surface area contributed by atoms with Gasteiger partial charge in [-0.1, -0.05) is 18.2 Å². The molecule has 2 aromatic rings. The van der Waals surface area contributed by atoms with Crippen LogP contribution in [-0.4, -0.2) is 40.0 Å². The average Bonchev–Trinajstić information content (AvgIpc) is 2.94. The van der Waals surface area contributed by atoms with E-state index in [0.717, 1.165) is 16.5 Å². The number of hydrogen-bond acceptors (Lipinski definition) is 5. The number of para-hydroxylation sites is 1. The summed E-state index contributed by atoms with van der Waals surface area (Å²) in [6, 6.07) is 5.02. The molecule has 0 radical (unpaired) electrons. The van der Waals surface area contributed by atoms with E-state index < -0.39 is 29.9 Å². The third-order valence-electron chi connectivity index (χ3n) is 3.71. The van der Waals surface area contributed by atoms with Crippen molar-refractivity contribution in [3.05, 3.63) is 36.0 Å². The van der Waals surface area contributed by atoms with Crippen molar-refractivity contribution in [2.45, 2.75) is 31.3 Å². The summed E-state index contributed by atoms with van der Waals surface area (Å²) in [5.74, 6) is -3.22. The predicted molar refractivity (Wildman–Crippen MR) is 83.8 cm³/mol. The van der Waals surface area contributed by atoms with E-state index in [9.17, 15) is 19.5 Å². The van der Waals surface area contributed by atoms with Crippen LogP contribution in [0.1, 0.15) is 18.4 Å². The second-order valence-electron chi connectivity index (χ2n) is 5.48. The molecule has 0 aliphatic carbocycles. The number of nitrogens with two attached hydrogens (primary N) is 1. The summed E-state index contributed by atoms with van der Waals surface area (Å²) in [4.78, 5) is 36.8. The lowest BCUT2D eigenvalue weighted by Crippen LogP contribution is -2.53. The zero-order valence-electron chi connectivity index (χ0n) is 12.8. The maximum Gasteiger partial charge on any atom is 0.303 e. The van der Waals surface area contributed by atoms with E-state index in [-0.39, 0.29) is 19.3 Å². The smallest absolute Gasteiger partial charge is 0.303 e. The number of carbonyl (C=O) groups is 3. The van der Waals surface area contributed by atoms with E-state index in [4.69, 9.17) is 10.8 Å². The number of hydrogen-bond donors (Lipinski definition) is 4. The van der Waals surface area contributed by atoms with Gasteiger partial charge in [-0.3, -0.25) is 9.59 Å². The van der Waals surface area contributed by atoms with Gasteiger partial charge in [-0.2, -0.15) is 0 Å². The molecule has 1 aromatic carbocycles. The molecule has 0 saturated carbocycles. The Bertz CT molecular complexity index is 755. The number of carbonyl (C=O) groups excluding carboxylic acids is 2. The average molecular weight is 332 g/mol. The summed E-state index contributed by atoms with van der Waals surface area (Å²) < 4.78 is 0. The molecule has 5 N–H and O–H groups in total. The van der Waals surface area contributed by atoms with E-state index in [1.54, 1.807) is 6.20 Å². The van der Waals surface area contributed by atoms with Gasteiger partial charge >= 0.3 is 5.97 Å². The number of H-pyrrole nitrogens is 1. The lowest BCUT2D eigenvalue weighted by molar-refractivity contribution is -0.308. The van der Waals surface area contributed by atoms with E-state index >= 15 is 0 Å². The summed E-state index contributed by atoms with van der Waals surface area (Å²) in [7, 11) is 0. The highest BCUT2D eigenvalue weighted by Crippen LogP contribution is 2.19. The van der Waals surface area contributed by atoms with Crippen LogP contribution in [0.25, 0.3) is 10.9 Å². The maximum absolute atomic E-state index is 11.9. The first-order chi connectivity index (χ1) is 11.4. The Balaban J connectivity index is 2.05. The van der Waals surface area contributed by atoms with Gasteiger partial charge in [-0.15, -0.1) is 0 Å². The molecule has 0 fully saturated rings. The largest absolute Gasteiger partial charge is 0.548 e. The Hall–Kier alpha value is -2.87. The zero-order valence-corrected chi connectivity index (χ0v) is 12.8. The van der Waals surface area contributed by atoms with Crippen molar-refractivity contribution in [1.82, 2.24) is 10.3 Å². The summed E-state index contributed by atoms with van der Waals surface area (Å²) in [5, 5.41) is 23.1. The molecule has 8 heteroatoms. The minimum Gasteiger partial charge on any atom is -0.548 e. The topological polar surface area (TPSA) is 148 Å². The van der Waals surface area contributed by atoms with Crippen molar-refractivity contribution in [1.29, 1.82) is 0 Å². The Morgan fingerprint density at radius 2 is 2.00 bits per heavy atom. The SMILES string of the molecule is NC(CCC(=O)O)C(=O)NC(Cc1c[nH]c2ccccc12)C(=O)[O-]. The van der Waals surface area contributed by atoms with E-state index in [0.29, 0.717) is 0 Å². The maximum atomic E-state index is 11.9. The molecule has 2 rings (SSSR count). The first kappa shape index (κ1) is 17.5. The molecular formula is C16H18N3O5-. The first-order valence-corrected chi connectivity index (χ1v) is 7.42. The molecule has 0 spiro atoms. The van der Waals surface area contributed by atoms with Crippen molar-refractivity contribution in [2.24, 2.45) is 5.73 Å². The number of aromatic amines is 1. The minimum absolute atomic E-state index is 0.0315. The molecule has 1 amide bonds. The van der Waals surface area contributed by atoms with Gasteiger partial charge in [0, 0.05) is 29.9 Å². The van der Waals surface area contributed by atoms with E-state index in [2.05, 4.69) is 10.3 Å². The molecule has 24 heavy (non-hydrogen) atoms. The molecule has 1 aromatic heterocycles. The fourth-order valence-electron chi connectivity index (χ4n) is 2.40. The number of amides is 1. The lowest BCUT2D eigenvalue weighted by atomic mass is 10.0. The summed E-state index contributed by atoms with van der Waals surface area (Å²) in [6.45, 7) is 0. The van der Waals surface area contributed by atoms with Crippen LogP contribution in [0, 0.1) is 0 Å². The number of rotatable bonds is 8. The van der Waals surface area contributed by atoms with Crippen molar-refractivity contribution in [3.8, 4) is 0 Å². The van der Waals surface area contributed by atoms with E-state index in [1.165, 1.54) is 0 Å². The Morgan fingerprint density at radius 3 is 2.67 bits per heavy atom. The summed E-state index contributed by atoms with van der Waals surface area (Å²) in [5.41, 5.74) is 7.16. The third kappa shape index (κ3) is 4.32. The Morgan fingerprint density at radius 1 is 1.29 bits per heavy atom. The minimum atomic E-state index is -1.43. The van der Waals surface area contributed by atoms with Gasteiger partial charge in [0.15, 0.2) is 0 Å². The molecule has 0 aliphatic heterocycles. The van der Waals surface area contributed by atoms with Crippen molar-refractivity contribution >= 4 is 28.7 Å². The summed E-state index contributed by atoms with van der Waals surface area (Å²) in [6.07, 6.45) is 1.36. The number of aliphatic carboxylic acids is 2. The molecule has 2 unspecified atom stereocenters. The normalized spacial score (nSPS) is 13.4. The van der Waals surface area contributed by atoms with Crippen LogP contribution < -0.4 is 16.2 Å². The van der Waals surface area contributed by atoms with E-state index in [1.807, 2.05) is 24.3 Å². The third-order valence-corrected chi connectivity index (χ3v) is 3.71. The monoisotopic (exact) mass is 332 g/mol. The Labute approximate surface area is 137 Å².